The fraction of sp³-hybridized carbons (Fsp3) is 0.538. The van der Waals surface area contributed by atoms with Gasteiger partial charge in [-0.15, -0.1) is 0 Å². The molecule has 0 unspecified atom stereocenters. The molecule has 0 bridgehead atoms. The molecule has 1 aliphatic carbocycles. The lowest BCUT2D eigenvalue weighted by Crippen LogP contribution is -2.41. The number of nitrogens with one attached hydrogen (secondary N) is 1. The Balaban J connectivity index is 1.88. The second-order valence-corrected chi connectivity index (χ2v) is 6.65. The highest BCUT2D eigenvalue weighted by atomic mass is 32.2. The third-order valence-electron chi connectivity index (χ3n) is 3.31. The van der Waals surface area contributed by atoms with E-state index < -0.39 is 16.1 Å². The Hall–Kier alpha value is -0.910. The van der Waals surface area contributed by atoms with Gasteiger partial charge in [-0.3, -0.25) is 0 Å². The Bertz CT molecular complexity index is 472. The maximum Gasteiger partial charge on any atom is 0.212 e. The number of aliphatic hydroxyl groups excluding tert-OH is 1. The quantitative estimate of drug-likeness (QED) is 0.840. The van der Waals surface area contributed by atoms with Crippen molar-refractivity contribution in [2.24, 2.45) is 0 Å². The SMILES string of the molecule is O=S(=O)(CCc1ccccc1)N[C@@H]1CCC[C@@H]1O. The molecule has 0 heterocycles. The van der Waals surface area contributed by atoms with Gasteiger partial charge in [-0.2, -0.15) is 0 Å². The summed E-state index contributed by atoms with van der Waals surface area (Å²) in [6.07, 6.45) is 2.26. The van der Waals surface area contributed by atoms with Crippen LogP contribution in [0, 0.1) is 0 Å². The number of hydrogen-bond donors (Lipinski definition) is 2. The summed E-state index contributed by atoms with van der Waals surface area (Å²) in [6, 6.07) is 9.24. The zero-order valence-electron chi connectivity index (χ0n) is 10.2. The van der Waals surface area contributed by atoms with Crippen molar-refractivity contribution in [3.8, 4) is 0 Å². The Labute approximate surface area is 108 Å². The Morgan fingerprint density at radius 2 is 1.94 bits per heavy atom. The highest BCUT2D eigenvalue weighted by Crippen LogP contribution is 2.19. The smallest absolute Gasteiger partial charge is 0.212 e. The van der Waals surface area contributed by atoms with Crippen LogP contribution in [0.1, 0.15) is 24.8 Å². The van der Waals surface area contributed by atoms with Gasteiger partial charge in [0.2, 0.25) is 10.0 Å². The van der Waals surface area contributed by atoms with Gasteiger partial charge in [0.25, 0.3) is 0 Å². The molecule has 1 aliphatic rings. The fourth-order valence-corrected chi connectivity index (χ4v) is 3.62. The van der Waals surface area contributed by atoms with Crippen LogP contribution >= 0.6 is 0 Å². The third-order valence-corrected chi connectivity index (χ3v) is 4.72. The monoisotopic (exact) mass is 269 g/mol. The normalized spacial score (nSPS) is 24.3. The Morgan fingerprint density at radius 1 is 1.22 bits per heavy atom. The van der Waals surface area contributed by atoms with Crippen molar-refractivity contribution in [2.45, 2.75) is 37.8 Å². The summed E-state index contributed by atoms with van der Waals surface area (Å²) >= 11 is 0. The van der Waals surface area contributed by atoms with E-state index in [9.17, 15) is 13.5 Å². The van der Waals surface area contributed by atoms with Crippen LogP contribution in [0.25, 0.3) is 0 Å². The number of sulfonamides is 1. The van der Waals surface area contributed by atoms with E-state index in [1.165, 1.54) is 0 Å². The number of benzene rings is 1. The van der Waals surface area contributed by atoms with E-state index in [-0.39, 0.29) is 11.8 Å². The van der Waals surface area contributed by atoms with E-state index in [0.29, 0.717) is 12.8 Å². The first kappa shape index (κ1) is 13.5. The first-order chi connectivity index (χ1) is 8.57. The maximum absolute atomic E-state index is 11.9. The molecule has 0 aromatic heterocycles. The highest BCUT2D eigenvalue weighted by Gasteiger charge is 2.28. The second-order valence-electron chi connectivity index (χ2n) is 4.78. The molecule has 0 spiro atoms. The van der Waals surface area contributed by atoms with Gasteiger partial charge in [-0.05, 0) is 31.2 Å². The topological polar surface area (TPSA) is 66.4 Å². The van der Waals surface area contributed by atoms with Crippen LogP contribution < -0.4 is 4.72 Å². The summed E-state index contributed by atoms with van der Waals surface area (Å²) in [5.41, 5.74) is 1.01. The minimum atomic E-state index is -3.31. The molecule has 4 nitrogen and oxygen atoms in total. The zero-order valence-corrected chi connectivity index (χ0v) is 11.1. The fourth-order valence-electron chi connectivity index (χ4n) is 2.26. The van der Waals surface area contributed by atoms with Crippen molar-refractivity contribution in [2.75, 3.05) is 5.75 Å². The highest BCUT2D eigenvalue weighted by molar-refractivity contribution is 7.89. The molecule has 2 N–H and O–H groups in total. The van der Waals surface area contributed by atoms with Crippen molar-refractivity contribution < 1.29 is 13.5 Å². The van der Waals surface area contributed by atoms with Crippen molar-refractivity contribution in [3.05, 3.63) is 35.9 Å². The molecule has 0 saturated heterocycles. The van der Waals surface area contributed by atoms with Gasteiger partial charge in [-0.1, -0.05) is 30.3 Å². The summed E-state index contributed by atoms with van der Waals surface area (Å²) in [7, 11) is -3.31. The van der Waals surface area contributed by atoms with Gasteiger partial charge in [0.15, 0.2) is 0 Å². The third kappa shape index (κ3) is 3.80. The molecular formula is C13H19NO3S. The van der Waals surface area contributed by atoms with E-state index in [1.807, 2.05) is 30.3 Å². The van der Waals surface area contributed by atoms with Crippen LogP contribution in [0.5, 0.6) is 0 Å². The molecule has 0 aliphatic heterocycles. The van der Waals surface area contributed by atoms with E-state index in [4.69, 9.17) is 0 Å². The number of rotatable bonds is 5. The van der Waals surface area contributed by atoms with Crippen LogP contribution in [-0.2, 0) is 16.4 Å². The Kier molecular flexibility index (Phi) is 4.37. The average Bonchev–Trinajstić information content (AvgIpc) is 2.73. The summed E-state index contributed by atoms with van der Waals surface area (Å²) in [5, 5.41) is 9.61. The lowest BCUT2D eigenvalue weighted by atomic mass is 10.2. The van der Waals surface area contributed by atoms with Crippen LogP contribution in [0.4, 0.5) is 0 Å². The summed E-state index contributed by atoms with van der Waals surface area (Å²) in [6.45, 7) is 0. The molecule has 2 rings (SSSR count). The molecular weight excluding hydrogens is 250 g/mol. The Morgan fingerprint density at radius 3 is 2.56 bits per heavy atom. The first-order valence-corrected chi connectivity index (χ1v) is 7.94. The molecule has 100 valence electrons. The molecule has 0 radical (unpaired) electrons. The van der Waals surface area contributed by atoms with Crippen LogP contribution in [0.3, 0.4) is 0 Å². The number of aliphatic hydroxyl groups is 1. The van der Waals surface area contributed by atoms with Crippen LogP contribution in [0.15, 0.2) is 30.3 Å². The van der Waals surface area contributed by atoms with Crippen LogP contribution in [0.2, 0.25) is 0 Å². The van der Waals surface area contributed by atoms with E-state index in [2.05, 4.69) is 4.72 Å². The lowest BCUT2D eigenvalue weighted by Gasteiger charge is -2.16. The van der Waals surface area contributed by atoms with E-state index in [0.717, 1.165) is 18.4 Å². The molecule has 1 saturated carbocycles. The van der Waals surface area contributed by atoms with Crippen molar-refractivity contribution >= 4 is 10.0 Å². The lowest BCUT2D eigenvalue weighted by molar-refractivity contribution is 0.159. The van der Waals surface area contributed by atoms with Crippen LogP contribution in [-0.4, -0.2) is 31.4 Å². The summed E-state index contributed by atoms with van der Waals surface area (Å²) < 4.78 is 26.4. The number of aryl methyl sites for hydroxylation is 1. The predicted octanol–water partition coefficient (Wildman–Crippen LogP) is 1.06. The molecule has 1 aromatic rings. The second kappa shape index (κ2) is 5.82. The first-order valence-electron chi connectivity index (χ1n) is 6.29. The molecule has 1 aromatic carbocycles. The largest absolute Gasteiger partial charge is 0.391 e. The van der Waals surface area contributed by atoms with Gasteiger partial charge in [-0.25, -0.2) is 13.1 Å². The molecule has 1 fully saturated rings. The molecule has 0 amide bonds. The van der Waals surface area contributed by atoms with Gasteiger partial charge in [0.1, 0.15) is 0 Å². The summed E-state index contributed by atoms with van der Waals surface area (Å²) in [4.78, 5) is 0. The van der Waals surface area contributed by atoms with Gasteiger partial charge < -0.3 is 5.11 Å². The summed E-state index contributed by atoms with van der Waals surface area (Å²) in [5.74, 6) is 0.0697. The molecule has 5 heteroatoms. The van der Waals surface area contributed by atoms with E-state index >= 15 is 0 Å². The van der Waals surface area contributed by atoms with Crippen molar-refractivity contribution in [3.63, 3.8) is 0 Å². The zero-order chi connectivity index (χ0) is 13.0. The van der Waals surface area contributed by atoms with Gasteiger partial charge in [0.05, 0.1) is 11.9 Å². The maximum atomic E-state index is 11.9. The molecule has 2 atom stereocenters. The van der Waals surface area contributed by atoms with Crippen molar-refractivity contribution in [1.82, 2.24) is 4.72 Å². The minimum Gasteiger partial charge on any atom is -0.391 e. The van der Waals surface area contributed by atoms with E-state index in [1.54, 1.807) is 0 Å². The standard InChI is InChI=1S/C13H19NO3S/c15-13-8-4-7-12(13)14-18(16,17)10-9-11-5-2-1-3-6-11/h1-3,5-6,12-15H,4,7-10H2/t12-,13+/m1/s1. The van der Waals surface area contributed by atoms with Crippen molar-refractivity contribution in [1.29, 1.82) is 0 Å². The number of hydrogen-bond acceptors (Lipinski definition) is 3. The molecule has 18 heavy (non-hydrogen) atoms. The van der Waals surface area contributed by atoms with Gasteiger partial charge >= 0.3 is 0 Å². The van der Waals surface area contributed by atoms with Gasteiger partial charge in [0, 0.05) is 6.04 Å². The predicted molar refractivity (Wildman–Crippen MR) is 70.7 cm³/mol. The average molecular weight is 269 g/mol. The minimum absolute atomic E-state index is 0.0697.